The second kappa shape index (κ2) is 8.36. The molecule has 0 radical (unpaired) electrons. The number of aromatic nitrogens is 5. The Labute approximate surface area is 180 Å². The Morgan fingerprint density at radius 2 is 1.94 bits per heavy atom. The first-order chi connectivity index (χ1) is 15.2. The summed E-state index contributed by atoms with van der Waals surface area (Å²) in [6.07, 6.45) is 1.63. The van der Waals surface area contributed by atoms with Crippen molar-refractivity contribution in [3.05, 3.63) is 60.1 Å². The van der Waals surface area contributed by atoms with E-state index >= 15 is 0 Å². The molecule has 1 fully saturated rings. The van der Waals surface area contributed by atoms with E-state index in [2.05, 4.69) is 30.7 Å². The molecule has 12 heteroatoms. The number of pyridine rings is 2. The van der Waals surface area contributed by atoms with Gasteiger partial charge in [0.05, 0.1) is 29.1 Å². The van der Waals surface area contributed by atoms with Gasteiger partial charge in [0.25, 0.3) is 5.91 Å². The largest absolute Gasteiger partial charge is 0.417 e. The van der Waals surface area contributed by atoms with E-state index in [0.29, 0.717) is 23.5 Å². The van der Waals surface area contributed by atoms with E-state index in [1.807, 2.05) is 0 Å². The summed E-state index contributed by atoms with van der Waals surface area (Å²) in [6, 6.07) is 3.34. The molecular weight excluding hydrogens is 427 g/mol. The minimum Gasteiger partial charge on any atom is -0.342 e. The van der Waals surface area contributed by atoms with Gasteiger partial charge in [-0.05, 0) is 38.0 Å². The Morgan fingerprint density at radius 3 is 2.59 bits per heavy atom. The van der Waals surface area contributed by atoms with E-state index in [4.69, 9.17) is 0 Å². The molecule has 0 saturated heterocycles. The highest BCUT2D eigenvalue weighted by Crippen LogP contribution is 2.30. The number of nitrogens with zero attached hydrogens (tertiary/aromatic N) is 5. The maximum atomic E-state index is 12.9. The van der Waals surface area contributed by atoms with Crippen molar-refractivity contribution in [3.8, 4) is 5.82 Å². The molecule has 0 aliphatic heterocycles. The number of hydrogen-bond donors (Lipinski definition) is 2. The lowest BCUT2D eigenvalue weighted by molar-refractivity contribution is -0.137. The van der Waals surface area contributed by atoms with Crippen LogP contribution in [0.15, 0.2) is 43.1 Å². The number of carbonyl (C=O) groups is 2. The Morgan fingerprint density at radius 1 is 1.16 bits per heavy atom. The summed E-state index contributed by atoms with van der Waals surface area (Å²) in [5, 5.41) is 9.48. The van der Waals surface area contributed by atoms with Gasteiger partial charge in [0.1, 0.15) is 6.33 Å². The first-order valence-electron chi connectivity index (χ1n) is 9.72. The van der Waals surface area contributed by atoms with Gasteiger partial charge < -0.3 is 10.6 Å². The molecule has 1 atom stereocenters. The van der Waals surface area contributed by atoms with Gasteiger partial charge in [-0.25, -0.2) is 9.97 Å². The molecule has 2 amide bonds. The van der Waals surface area contributed by atoms with E-state index < -0.39 is 23.7 Å². The van der Waals surface area contributed by atoms with Crippen molar-refractivity contribution in [3.63, 3.8) is 0 Å². The van der Waals surface area contributed by atoms with Gasteiger partial charge in [0.15, 0.2) is 11.6 Å². The van der Waals surface area contributed by atoms with Crippen LogP contribution in [0.4, 0.5) is 18.9 Å². The van der Waals surface area contributed by atoms with E-state index in [1.165, 1.54) is 17.2 Å². The summed E-state index contributed by atoms with van der Waals surface area (Å²) in [7, 11) is 0. The average molecular weight is 445 g/mol. The van der Waals surface area contributed by atoms with Gasteiger partial charge in [0, 0.05) is 18.3 Å². The normalized spacial score (nSPS) is 14.6. The van der Waals surface area contributed by atoms with Crippen LogP contribution >= 0.6 is 0 Å². The van der Waals surface area contributed by atoms with Crippen molar-refractivity contribution in [2.24, 2.45) is 5.92 Å². The second-order valence-electron chi connectivity index (χ2n) is 7.35. The van der Waals surface area contributed by atoms with Crippen LogP contribution in [0.25, 0.3) is 5.82 Å². The first kappa shape index (κ1) is 21.4. The predicted octanol–water partition coefficient (Wildman–Crippen LogP) is 2.92. The molecular formula is C20H18F3N7O2. The summed E-state index contributed by atoms with van der Waals surface area (Å²) < 4.78 is 40.0. The average Bonchev–Trinajstić information content (AvgIpc) is 3.50. The minimum absolute atomic E-state index is 0.0404. The molecule has 9 nitrogen and oxygen atoms in total. The lowest BCUT2D eigenvalue weighted by Gasteiger charge is -2.15. The van der Waals surface area contributed by atoms with Crippen molar-refractivity contribution in [2.45, 2.75) is 32.0 Å². The summed E-state index contributed by atoms with van der Waals surface area (Å²) in [6.45, 7) is 1.61. The fourth-order valence-electron chi connectivity index (χ4n) is 2.96. The van der Waals surface area contributed by atoms with Gasteiger partial charge in [-0.15, -0.1) is 0 Å². The standard InChI is InChI=1S/C20H18F3N7O2/c1-11(28-19(32)13-6-14(8-24-7-13)20(21,22)23)17-26-10-27-30(17)16-5-4-15(9-25-16)29-18(31)12-2-3-12/h4-12H,2-3H2,1H3,(H,28,32)(H,29,31)/t11-/m0/s1. The third-order valence-electron chi connectivity index (χ3n) is 4.82. The molecule has 3 aromatic rings. The van der Waals surface area contributed by atoms with Gasteiger partial charge in [-0.3, -0.25) is 14.6 Å². The van der Waals surface area contributed by atoms with Crippen LogP contribution in [-0.2, 0) is 11.0 Å². The zero-order chi connectivity index (χ0) is 22.9. The van der Waals surface area contributed by atoms with Crippen LogP contribution in [0.2, 0.25) is 0 Å². The molecule has 0 unspecified atom stereocenters. The zero-order valence-corrected chi connectivity index (χ0v) is 16.8. The Kier molecular flexibility index (Phi) is 5.59. The number of nitrogens with one attached hydrogen (secondary N) is 2. The van der Waals surface area contributed by atoms with Crippen LogP contribution in [0, 0.1) is 5.92 Å². The van der Waals surface area contributed by atoms with Crippen LogP contribution in [-0.4, -0.2) is 36.5 Å². The third kappa shape index (κ3) is 4.74. The third-order valence-corrected chi connectivity index (χ3v) is 4.82. The summed E-state index contributed by atoms with van der Waals surface area (Å²) in [5.41, 5.74) is -0.698. The number of carbonyl (C=O) groups excluding carboxylic acids is 2. The molecule has 2 N–H and O–H groups in total. The van der Waals surface area contributed by atoms with Crippen LogP contribution in [0.5, 0.6) is 0 Å². The maximum Gasteiger partial charge on any atom is 0.417 e. The lowest BCUT2D eigenvalue weighted by Crippen LogP contribution is -2.29. The Bertz CT molecular complexity index is 1140. The minimum atomic E-state index is -4.61. The molecule has 4 rings (SSSR count). The van der Waals surface area contributed by atoms with Crippen molar-refractivity contribution in [1.29, 1.82) is 0 Å². The summed E-state index contributed by atoms with van der Waals surface area (Å²) in [5.74, 6) is -0.00413. The number of halogens is 3. The fraction of sp³-hybridized carbons (Fsp3) is 0.300. The number of anilines is 1. The second-order valence-corrected chi connectivity index (χ2v) is 7.35. The summed E-state index contributed by atoms with van der Waals surface area (Å²) >= 11 is 0. The topological polar surface area (TPSA) is 115 Å². The SMILES string of the molecule is C[C@H](NC(=O)c1cncc(C(F)(F)F)c1)c1ncnn1-c1ccc(NC(=O)C2CC2)cn1. The molecule has 1 aliphatic rings. The lowest BCUT2D eigenvalue weighted by atomic mass is 10.2. The van der Waals surface area contributed by atoms with Gasteiger partial charge in [-0.1, -0.05) is 0 Å². The summed E-state index contributed by atoms with van der Waals surface area (Å²) in [4.78, 5) is 36.2. The number of amides is 2. The fourth-order valence-corrected chi connectivity index (χ4v) is 2.96. The number of alkyl halides is 3. The molecule has 0 aromatic carbocycles. The number of rotatable bonds is 6. The molecule has 166 valence electrons. The molecule has 3 heterocycles. The van der Waals surface area contributed by atoms with E-state index in [0.717, 1.165) is 25.1 Å². The highest BCUT2D eigenvalue weighted by atomic mass is 19.4. The highest BCUT2D eigenvalue weighted by molar-refractivity contribution is 5.94. The molecule has 3 aromatic heterocycles. The first-order valence-corrected chi connectivity index (χ1v) is 9.72. The molecule has 1 saturated carbocycles. The molecule has 0 spiro atoms. The quantitative estimate of drug-likeness (QED) is 0.603. The van der Waals surface area contributed by atoms with Gasteiger partial charge in [0.2, 0.25) is 5.91 Å². The Hall–Kier alpha value is -3.83. The number of hydrogen-bond acceptors (Lipinski definition) is 6. The Balaban J connectivity index is 1.47. The maximum absolute atomic E-state index is 12.9. The van der Waals surface area contributed by atoms with E-state index in [-0.39, 0.29) is 17.4 Å². The van der Waals surface area contributed by atoms with Crippen molar-refractivity contribution in [1.82, 2.24) is 30.0 Å². The van der Waals surface area contributed by atoms with Gasteiger partial charge in [-0.2, -0.15) is 23.0 Å². The van der Waals surface area contributed by atoms with E-state index in [9.17, 15) is 22.8 Å². The van der Waals surface area contributed by atoms with Crippen molar-refractivity contribution in [2.75, 3.05) is 5.32 Å². The molecule has 0 bridgehead atoms. The monoisotopic (exact) mass is 445 g/mol. The van der Waals surface area contributed by atoms with Crippen LogP contribution in [0.3, 0.4) is 0 Å². The van der Waals surface area contributed by atoms with Crippen LogP contribution < -0.4 is 10.6 Å². The molecule has 32 heavy (non-hydrogen) atoms. The molecule has 1 aliphatic carbocycles. The van der Waals surface area contributed by atoms with Crippen LogP contribution in [0.1, 0.15) is 47.6 Å². The van der Waals surface area contributed by atoms with E-state index in [1.54, 1.807) is 19.1 Å². The highest BCUT2D eigenvalue weighted by Gasteiger charge is 2.32. The van der Waals surface area contributed by atoms with Gasteiger partial charge >= 0.3 is 6.18 Å². The smallest absolute Gasteiger partial charge is 0.342 e. The zero-order valence-electron chi connectivity index (χ0n) is 16.8. The van der Waals surface area contributed by atoms with Crippen molar-refractivity contribution >= 4 is 17.5 Å². The predicted molar refractivity (Wildman–Crippen MR) is 106 cm³/mol. The van der Waals surface area contributed by atoms with Crippen molar-refractivity contribution < 1.29 is 22.8 Å².